The molecule has 2 rings (SSSR count). The van der Waals surface area contributed by atoms with Gasteiger partial charge in [-0.2, -0.15) is 0 Å². The Hall–Kier alpha value is -2.82. The maximum atomic E-state index is 12.5. The van der Waals surface area contributed by atoms with Crippen LogP contribution in [-0.4, -0.2) is 17.6 Å². The van der Waals surface area contributed by atoms with Crippen molar-refractivity contribution in [2.24, 2.45) is 0 Å². The normalized spacial score (nSPS) is 11.0. The third kappa shape index (κ3) is 5.34. The molecule has 0 saturated heterocycles. The van der Waals surface area contributed by atoms with Crippen LogP contribution in [0.4, 0.5) is 16.2 Å². The molecule has 5 heteroatoms. The molecule has 0 bridgehead atoms. The molecular formula is C21H26N2O3. The van der Waals surface area contributed by atoms with E-state index < -0.39 is 11.7 Å². The molecule has 0 aliphatic rings. The second-order valence-electron chi connectivity index (χ2n) is 7.12. The van der Waals surface area contributed by atoms with E-state index in [1.165, 1.54) is 0 Å². The van der Waals surface area contributed by atoms with Gasteiger partial charge in [-0.25, -0.2) is 4.79 Å². The Kier molecular flexibility index (Phi) is 6.03. The van der Waals surface area contributed by atoms with Gasteiger partial charge in [0.1, 0.15) is 5.60 Å². The second kappa shape index (κ2) is 8.04. The van der Waals surface area contributed by atoms with Gasteiger partial charge in [0.05, 0.1) is 0 Å². The molecule has 0 fully saturated rings. The Morgan fingerprint density at radius 3 is 2.23 bits per heavy atom. The average Bonchev–Trinajstić information content (AvgIpc) is 2.55. The SMILES string of the molecule is CCc1cccc(C)c1NC(=O)c1ccc(NC(=O)OC(C)(C)C)cc1. The molecule has 2 aromatic rings. The lowest BCUT2D eigenvalue weighted by atomic mass is 10.1. The number of ether oxygens (including phenoxy) is 1. The monoisotopic (exact) mass is 354 g/mol. The number of benzene rings is 2. The van der Waals surface area contributed by atoms with E-state index in [4.69, 9.17) is 4.74 Å². The van der Waals surface area contributed by atoms with Gasteiger partial charge in [0, 0.05) is 16.9 Å². The smallest absolute Gasteiger partial charge is 0.412 e. The average molecular weight is 354 g/mol. The van der Waals surface area contributed by atoms with Crippen LogP contribution in [-0.2, 0) is 11.2 Å². The third-order valence-corrected chi connectivity index (χ3v) is 3.77. The van der Waals surface area contributed by atoms with Gasteiger partial charge in [-0.05, 0) is 69.5 Å². The molecule has 0 aliphatic heterocycles. The Morgan fingerprint density at radius 1 is 1.00 bits per heavy atom. The zero-order valence-corrected chi connectivity index (χ0v) is 16.0. The van der Waals surface area contributed by atoms with Gasteiger partial charge in [0.15, 0.2) is 0 Å². The van der Waals surface area contributed by atoms with Gasteiger partial charge >= 0.3 is 6.09 Å². The zero-order chi connectivity index (χ0) is 19.3. The summed E-state index contributed by atoms with van der Waals surface area (Å²) in [5.74, 6) is -0.183. The van der Waals surface area contributed by atoms with Crippen LogP contribution in [0.1, 0.15) is 49.2 Å². The summed E-state index contributed by atoms with van der Waals surface area (Å²) in [6, 6.07) is 12.7. The summed E-state index contributed by atoms with van der Waals surface area (Å²) in [6.07, 6.45) is 0.318. The first-order chi connectivity index (χ1) is 12.2. The van der Waals surface area contributed by atoms with E-state index in [9.17, 15) is 9.59 Å². The van der Waals surface area contributed by atoms with Crippen LogP contribution >= 0.6 is 0 Å². The molecular weight excluding hydrogens is 328 g/mol. The molecule has 26 heavy (non-hydrogen) atoms. The summed E-state index contributed by atoms with van der Waals surface area (Å²) in [5, 5.41) is 5.64. The summed E-state index contributed by atoms with van der Waals surface area (Å²) in [7, 11) is 0. The number of aryl methyl sites for hydroxylation is 2. The Balaban J connectivity index is 2.07. The minimum Gasteiger partial charge on any atom is -0.444 e. The zero-order valence-electron chi connectivity index (χ0n) is 16.0. The van der Waals surface area contributed by atoms with Gasteiger partial charge in [-0.3, -0.25) is 10.1 Å². The predicted molar refractivity (Wildman–Crippen MR) is 105 cm³/mol. The fraction of sp³-hybridized carbons (Fsp3) is 0.333. The van der Waals surface area contributed by atoms with Crippen LogP contribution in [0.5, 0.6) is 0 Å². The maximum Gasteiger partial charge on any atom is 0.412 e. The van der Waals surface area contributed by atoms with Crippen molar-refractivity contribution in [1.29, 1.82) is 0 Å². The second-order valence-corrected chi connectivity index (χ2v) is 7.12. The number of hydrogen-bond donors (Lipinski definition) is 2. The molecule has 5 nitrogen and oxygen atoms in total. The topological polar surface area (TPSA) is 67.4 Å². The molecule has 2 aromatic carbocycles. The number of carbonyl (C=O) groups excluding carboxylic acids is 2. The highest BCUT2D eigenvalue weighted by Crippen LogP contribution is 2.22. The standard InChI is InChI=1S/C21H26N2O3/c1-6-15-9-7-8-14(2)18(15)23-19(24)16-10-12-17(13-11-16)22-20(25)26-21(3,4)5/h7-13H,6H2,1-5H3,(H,22,25)(H,23,24). The molecule has 0 aliphatic carbocycles. The number of para-hydroxylation sites is 1. The van der Waals surface area contributed by atoms with Crippen molar-refractivity contribution < 1.29 is 14.3 Å². The van der Waals surface area contributed by atoms with Crippen LogP contribution < -0.4 is 10.6 Å². The summed E-state index contributed by atoms with van der Waals surface area (Å²) in [4.78, 5) is 24.3. The Bertz CT molecular complexity index is 790. The van der Waals surface area contributed by atoms with Crippen molar-refractivity contribution in [1.82, 2.24) is 0 Å². The van der Waals surface area contributed by atoms with Crippen molar-refractivity contribution in [3.63, 3.8) is 0 Å². The number of hydrogen-bond acceptors (Lipinski definition) is 3. The first kappa shape index (κ1) is 19.5. The van der Waals surface area contributed by atoms with E-state index in [1.807, 2.05) is 25.1 Å². The van der Waals surface area contributed by atoms with E-state index in [0.717, 1.165) is 23.2 Å². The van der Waals surface area contributed by atoms with Gasteiger partial charge in [0.25, 0.3) is 5.91 Å². The molecule has 2 N–H and O–H groups in total. The minimum absolute atomic E-state index is 0.183. The Morgan fingerprint density at radius 2 is 1.65 bits per heavy atom. The van der Waals surface area contributed by atoms with Crippen LogP contribution in [0.2, 0.25) is 0 Å². The third-order valence-electron chi connectivity index (χ3n) is 3.77. The lowest BCUT2D eigenvalue weighted by molar-refractivity contribution is 0.0636. The van der Waals surface area contributed by atoms with Gasteiger partial charge in [0.2, 0.25) is 0 Å². The van der Waals surface area contributed by atoms with Crippen LogP contribution in [0.15, 0.2) is 42.5 Å². The molecule has 0 aromatic heterocycles. The predicted octanol–water partition coefficient (Wildman–Crippen LogP) is 5.16. The van der Waals surface area contributed by atoms with E-state index >= 15 is 0 Å². The fourth-order valence-corrected chi connectivity index (χ4v) is 2.51. The molecule has 0 heterocycles. The van der Waals surface area contributed by atoms with Crippen molar-refractivity contribution in [2.75, 3.05) is 10.6 Å². The maximum absolute atomic E-state index is 12.5. The lowest BCUT2D eigenvalue weighted by Crippen LogP contribution is -2.27. The van der Waals surface area contributed by atoms with Gasteiger partial charge in [-0.15, -0.1) is 0 Å². The van der Waals surface area contributed by atoms with Crippen LogP contribution in [0, 0.1) is 6.92 Å². The van der Waals surface area contributed by atoms with E-state index in [2.05, 4.69) is 17.6 Å². The van der Waals surface area contributed by atoms with Crippen LogP contribution in [0.3, 0.4) is 0 Å². The quantitative estimate of drug-likeness (QED) is 0.797. The molecule has 0 atom stereocenters. The summed E-state index contributed by atoms with van der Waals surface area (Å²) >= 11 is 0. The molecule has 0 spiro atoms. The highest BCUT2D eigenvalue weighted by Gasteiger charge is 2.16. The number of carbonyl (C=O) groups is 2. The molecule has 138 valence electrons. The summed E-state index contributed by atoms with van der Waals surface area (Å²) in [6.45, 7) is 9.44. The number of anilines is 2. The molecule has 0 unspecified atom stereocenters. The van der Waals surface area contributed by atoms with E-state index in [-0.39, 0.29) is 5.91 Å². The van der Waals surface area contributed by atoms with Crippen molar-refractivity contribution in [3.8, 4) is 0 Å². The molecule has 2 amide bonds. The highest BCUT2D eigenvalue weighted by molar-refractivity contribution is 6.05. The molecule has 0 radical (unpaired) electrons. The first-order valence-electron chi connectivity index (χ1n) is 8.69. The van der Waals surface area contributed by atoms with Crippen molar-refractivity contribution in [2.45, 2.75) is 46.6 Å². The minimum atomic E-state index is -0.561. The summed E-state index contributed by atoms with van der Waals surface area (Å²) in [5.41, 5.74) is 3.51. The largest absolute Gasteiger partial charge is 0.444 e. The van der Waals surface area contributed by atoms with E-state index in [1.54, 1.807) is 45.0 Å². The van der Waals surface area contributed by atoms with Crippen LogP contribution in [0.25, 0.3) is 0 Å². The number of nitrogens with one attached hydrogen (secondary N) is 2. The summed E-state index contributed by atoms with van der Waals surface area (Å²) < 4.78 is 5.21. The number of rotatable bonds is 4. The first-order valence-corrected chi connectivity index (χ1v) is 8.69. The van der Waals surface area contributed by atoms with Crippen molar-refractivity contribution >= 4 is 23.4 Å². The number of amides is 2. The van der Waals surface area contributed by atoms with E-state index in [0.29, 0.717) is 11.3 Å². The van der Waals surface area contributed by atoms with Crippen molar-refractivity contribution in [3.05, 3.63) is 59.2 Å². The van der Waals surface area contributed by atoms with Gasteiger partial charge in [-0.1, -0.05) is 25.1 Å². The Labute approximate surface area is 154 Å². The lowest BCUT2D eigenvalue weighted by Gasteiger charge is -2.19. The highest BCUT2D eigenvalue weighted by atomic mass is 16.6. The molecule has 0 saturated carbocycles. The fourth-order valence-electron chi connectivity index (χ4n) is 2.51. The van der Waals surface area contributed by atoms with Gasteiger partial charge < -0.3 is 10.1 Å².